The summed E-state index contributed by atoms with van der Waals surface area (Å²) in [6.07, 6.45) is 5.65. The number of amides is 1. The van der Waals surface area contributed by atoms with Crippen molar-refractivity contribution in [3.8, 4) is 22.9 Å². The number of pyridine rings is 1. The Morgan fingerprint density at radius 3 is 2.67 bits per heavy atom. The van der Waals surface area contributed by atoms with Gasteiger partial charge in [-0.25, -0.2) is 4.98 Å². The van der Waals surface area contributed by atoms with Gasteiger partial charge >= 0.3 is 0 Å². The minimum Gasteiger partial charge on any atom is -0.456 e. The molecule has 7 nitrogen and oxygen atoms in total. The first kappa shape index (κ1) is 18.1. The molecule has 1 saturated carbocycles. The van der Waals surface area contributed by atoms with Gasteiger partial charge in [-0.2, -0.15) is 5.10 Å². The number of anilines is 1. The highest BCUT2D eigenvalue weighted by molar-refractivity contribution is 6.04. The Hall–Kier alpha value is -4.00. The van der Waals surface area contributed by atoms with Crippen LogP contribution in [-0.2, 0) is 0 Å². The number of carbonyl (C=O) groups excluding carboxylic acids is 1. The molecule has 0 saturated heterocycles. The number of nitrogens with zero attached hydrogens (tertiary/aromatic N) is 3. The standard InChI is InChI=1S/C23H19N5O2/c29-23(16-8-10-19(11-9-16)30-20-5-2-12-24-14-20)25-18-4-1-3-17(13-18)22-26-21(27-28-22)15-6-7-15/h1-5,8-15H,6-7H2,(H,25,29)(H,26,27,28). The Labute approximate surface area is 173 Å². The third-order valence-corrected chi connectivity index (χ3v) is 4.83. The van der Waals surface area contributed by atoms with Crippen LogP contribution < -0.4 is 10.1 Å². The molecule has 0 radical (unpaired) electrons. The lowest BCUT2D eigenvalue weighted by Crippen LogP contribution is -2.11. The molecular weight excluding hydrogens is 378 g/mol. The van der Waals surface area contributed by atoms with E-state index in [1.54, 1.807) is 42.7 Å². The van der Waals surface area contributed by atoms with Crippen LogP contribution in [0.2, 0.25) is 0 Å². The summed E-state index contributed by atoms with van der Waals surface area (Å²) in [7, 11) is 0. The van der Waals surface area contributed by atoms with Crippen LogP contribution in [0.5, 0.6) is 11.5 Å². The van der Waals surface area contributed by atoms with Gasteiger partial charge < -0.3 is 10.1 Å². The summed E-state index contributed by atoms with van der Waals surface area (Å²) in [5, 5.41) is 10.2. The molecular formula is C23H19N5O2. The van der Waals surface area contributed by atoms with Gasteiger partial charge in [0.2, 0.25) is 0 Å². The van der Waals surface area contributed by atoms with Crippen molar-refractivity contribution in [2.45, 2.75) is 18.8 Å². The van der Waals surface area contributed by atoms with Gasteiger partial charge in [-0.15, -0.1) is 0 Å². The van der Waals surface area contributed by atoms with Gasteiger partial charge in [-0.05, 0) is 61.4 Å². The minimum atomic E-state index is -0.200. The van der Waals surface area contributed by atoms with E-state index in [1.165, 1.54) is 0 Å². The molecule has 5 rings (SSSR count). The van der Waals surface area contributed by atoms with Crippen molar-refractivity contribution in [3.63, 3.8) is 0 Å². The van der Waals surface area contributed by atoms with Gasteiger partial charge in [0.15, 0.2) is 5.82 Å². The van der Waals surface area contributed by atoms with Crippen molar-refractivity contribution >= 4 is 11.6 Å². The SMILES string of the molecule is O=C(Nc1cccc(-c2n[nH]c(C3CC3)n2)c1)c1ccc(Oc2cccnc2)cc1. The van der Waals surface area contributed by atoms with Crippen LogP contribution in [0.25, 0.3) is 11.4 Å². The Morgan fingerprint density at radius 2 is 1.90 bits per heavy atom. The summed E-state index contributed by atoms with van der Waals surface area (Å²) >= 11 is 0. The van der Waals surface area contributed by atoms with Gasteiger partial charge in [-0.3, -0.25) is 14.9 Å². The number of aromatic amines is 1. The van der Waals surface area contributed by atoms with E-state index in [1.807, 2.05) is 30.3 Å². The Balaban J connectivity index is 1.26. The van der Waals surface area contributed by atoms with Gasteiger partial charge in [0.25, 0.3) is 5.91 Å². The number of nitrogens with one attached hydrogen (secondary N) is 2. The van der Waals surface area contributed by atoms with E-state index in [0.717, 1.165) is 24.2 Å². The van der Waals surface area contributed by atoms with Crippen LogP contribution in [0.4, 0.5) is 5.69 Å². The van der Waals surface area contributed by atoms with E-state index in [-0.39, 0.29) is 5.91 Å². The summed E-state index contributed by atoms with van der Waals surface area (Å²) in [5.74, 6) is 3.17. The average Bonchev–Trinajstić information content (AvgIpc) is 3.51. The molecule has 2 aromatic carbocycles. The summed E-state index contributed by atoms with van der Waals surface area (Å²) in [5.41, 5.74) is 2.08. The largest absolute Gasteiger partial charge is 0.456 e. The number of benzene rings is 2. The molecule has 30 heavy (non-hydrogen) atoms. The Bertz CT molecular complexity index is 1170. The van der Waals surface area contributed by atoms with Crippen molar-refractivity contribution in [2.75, 3.05) is 5.32 Å². The maximum atomic E-state index is 12.6. The van der Waals surface area contributed by atoms with E-state index in [4.69, 9.17) is 4.74 Å². The van der Waals surface area contributed by atoms with Crippen LogP contribution in [0, 0.1) is 0 Å². The van der Waals surface area contributed by atoms with E-state index in [9.17, 15) is 4.79 Å². The zero-order valence-corrected chi connectivity index (χ0v) is 16.1. The second-order valence-corrected chi connectivity index (χ2v) is 7.17. The number of H-pyrrole nitrogens is 1. The van der Waals surface area contributed by atoms with E-state index >= 15 is 0 Å². The summed E-state index contributed by atoms with van der Waals surface area (Å²) < 4.78 is 5.71. The van der Waals surface area contributed by atoms with Gasteiger partial charge in [0.1, 0.15) is 17.3 Å². The smallest absolute Gasteiger partial charge is 0.255 e. The lowest BCUT2D eigenvalue weighted by Gasteiger charge is -2.08. The van der Waals surface area contributed by atoms with E-state index in [2.05, 4.69) is 25.5 Å². The Kier molecular flexibility index (Phi) is 4.69. The van der Waals surface area contributed by atoms with Gasteiger partial charge in [0, 0.05) is 28.9 Å². The highest BCUT2D eigenvalue weighted by atomic mass is 16.5. The lowest BCUT2D eigenvalue weighted by atomic mass is 10.1. The number of hydrogen-bond donors (Lipinski definition) is 2. The third-order valence-electron chi connectivity index (χ3n) is 4.83. The molecule has 1 fully saturated rings. The first-order valence-corrected chi connectivity index (χ1v) is 9.77. The molecule has 0 spiro atoms. The molecule has 2 aromatic heterocycles. The van der Waals surface area contributed by atoms with Crippen LogP contribution in [0.1, 0.15) is 34.9 Å². The summed E-state index contributed by atoms with van der Waals surface area (Å²) in [6, 6.07) is 18.1. The molecule has 1 aliphatic rings. The zero-order chi connectivity index (χ0) is 20.3. The molecule has 4 aromatic rings. The average molecular weight is 397 g/mol. The maximum absolute atomic E-state index is 12.6. The van der Waals surface area contributed by atoms with Crippen molar-refractivity contribution in [1.82, 2.24) is 20.2 Å². The van der Waals surface area contributed by atoms with Crippen molar-refractivity contribution in [3.05, 3.63) is 84.4 Å². The molecule has 2 heterocycles. The highest BCUT2D eigenvalue weighted by Gasteiger charge is 2.27. The van der Waals surface area contributed by atoms with Crippen molar-refractivity contribution in [2.24, 2.45) is 0 Å². The molecule has 0 bridgehead atoms. The normalized spacial score (nSPS) is 13.1. The molecule has 2 N–H and O–H groups in total. The molecule has 0 aliphatic heterocycles. The van der Waals surface area contributed by atoms with Gasteiger partial charge in [-0.1, -0.05) is 12.1 Å². The molecule has 0 atom stereocenters. The summed E-state index contributed by atoms with van der Waals surface area (Å²) in [6.45, 7) is 0. The van der Waals surface area contributed by atoms with E-state index in [0.29, 0.717) is 34.5 Å². The highest BCUT2D eigenvalue weighted by Crippen LogP contribution is 2.38. The first-order valence-electron chi connectivity index (χ1n) is 9.77. The van der Waals surface area contributed by atoms with Crippen LogP contribution in [0.3, 0.4) is 0 Å². The fraction of sp³-hybridized carbons (Fsp3) is 0.130. The van der Waals surface area contributed by atoms with Crippen molar-refractivity contribution in [1.29, 1.82) is 0 Å². The lowest BCUT2D eigenvalue weighted by molar-refractivity contribution is 0.102. The number of rotatable bonds is 6. The first-order chi connectivity index (χ1) is 14.7. The third kappa shape index (κ3) is 4.05. The number of aromatic nitrogens is 4. The summed E-state index contributed by atoms with van der Waals surface area (Å²) in [4.78, 5) is 21.2. The molecule has 148 valence electrons. The van der Waals surface area contributed by atoms with Crippen molar-refractivity contribution < 1.29 is 9.53 Å². The molecule has 1 amide bonds. The van der Waals surface area contributed by atoms with Gasteiger partial charge in [0.05, 0.1) is 6.20 Å². The second kappa shape index (κ2) is 7.79. The Morgan fingerprint density at radius 1 is 1.03 bits per heavy atom. The van der Waals surface area contributed by atoms with Crippen LogP contribution >= 0.6 is 0 Å². The molecule has 1 aliphatic carbocycles. The number of ether oxygens (including phenoxy) is 1. The van der Waals surface area contributed by atoms with E-state index < -0.39 is 0 Å². The predicted molar refractivity (Wildman–Crippen MR) is 112 cm³/mol. The maximum Gasteiger partial charge on any atom is 0.255 e. The van der Waals surface area contributed by atoms with Crippen LogP contribution in [0.15, 0.2) is 73.1 Å². The number of carbonyl (C=O) groups is 1. The fourth-order valence-electron chi connectivity index (χ4n) is 3.10. The predicted octanol–water partition coefficient (Wildman–Crippen LogP) is 4.79. The number of hydrogen-bond acceptors (Lipinski definition) is 5. The topological polar surface area (TPSA) is 92.8 Å². The molecule has 0 unspecified atom stereocenters. The minimum absolute atomic E-state index is 0.200. The quantitative estimate of drug-likeness (QED) is 0.488. The van der Waals surface area contributed by atoms with Crippen LogP contribution in [-0.4, -0.2) is 26.1 Å². The zero-order valence-electron chi connectivity index (χ0n) is 16.1. The molecule has 7 heteroatoms. The second-order valence-electron chi connectivity index (χ2n) is 7.17. The monoisotopic (exact) mass is 397 g/mol. The fourth-order valence-corrected chi connectivity index (χ4v) is 3.10.